The number of H-pyrrole nitrogens is 1. The largest absolute Gasteiger partial charge is 0.370 e. The molecule has 0 aliphatic rings. The molecule has 1 rings (SSSR count). The number of amides is 2. The van der Waals surface area contributed by atoms with Crippen molar-refractivity contribution >= 4 is 11.8 Å². The maximum Gasteiger partial charge on any atom is 0.220 e. The first-order valence-corrected chi connectivity index (χ1v) is 8.18. The van der Waals surface area contributed by atoms with Gasteiger partial charge in [0, 0.05) is 18.3 Å². The van der Waals surface area contributed by atoms with E-state index in [9.17, 15) is 9.59 Å². The minimum absolute atomic E-state index is 0.0538. The Labute approximate surface area is 132 Å². The van der Waals surface area contributed by atoms with Crippen molar-refractivity contribution in [2.24, 2.45) is 5.73 Å². The Morgan fingerprint density at radius 3 is 2.59 bits per heavy atom. The highest BCUT2D eigenvalue weighted by Crippen LogP contribution is 2.14. The Kier molecular flexibility index (Phi) is 8.25. The molecule has 4 N–H and O–H groups in total. The number of aromatic nitrogens is 2. The minimum atomic E-state index is -0.471. The van der Waals surface area contributed by atoms with Gasteiger partial charge in [0.1, 0.15) is 5.82 Å². The number of unbranched alkanes of at least 4 members (excludes halogenated alkanes) is 4. The Balaban J connectivity index is 2.50. The van der Waals surface area contributed by atoms with Crippen LogP contribution in [0.3, 0.4) is 0 Å². The zero-order chi connectivity index (χ0) is 16.4. The SMILES string of the molecule is CCCCCCCC(=O)N[C@H](CC(N)=O)c1ncc(CC)[nH]1. The first kappa shape index (κ1) is 18.2. The van der Waals surface area contributed by atoms with E-state index in [-0.39, 0.29) is 12.3 Å². The van der Waals surface area contributed by atoms with E-state index in [1.807, 2.05) is 6.92 Å². The quantitative estimate of drug-likeness (QED) is 0.547. The van der Waals surface area contributed by atoms with Crippen molar-refractivity contribution in [2.75, 3.05) is 0 Å². The second-order valence-electron chi connectivity index (χ2n) is 5.60. The number of primary amides is 1. The molecule has 0 bridgehead atoms. The molecule has 124 valence electrons. The van der Waals surface area contributed by atoms with Gasteiger partial charge in [0.15, 0.2) is 0 Å². The topological polar surface area (TPSA) is 101 Å². The Morgan fingerprint density at radius 1 is 1.27 bits per heavy atom. The third kappa shape index (κ3) is 6.74. The summed E-state index contributed by atoms with van der Waals surface area (Å²) in [6.07, 6.45) is 8.55. The van der Waals surface area contributed by atoms with Gasteiger partial charge in [-0.15, -0.1) is 0 Å². The van der Waals surface area contributed by atoms with E-state index in [2.05, 4.69) is 22.2 Å². The minimum Gasteiger partial charge on any atom is -0.370 e. The molecular weight excluding hydrogens is 280 g/mol. The van der Waals surface area contributed by atoms with Crippen molar-refractivity contribution in [3.63, 3.8) is 0 Å². The predicted molar refractivity (Wildman–Crippen MR) is 86.0 cm³/mol. The van der Waals surface area contributed by atoms with Crippen LogP contribution < -0.4 is 11.1 Å². The highest BCUT2D eigenvalue weighted by atomic mass is 16.2. The van der Waals surface area contributed by atoms with E-state index in [4.69, 9.17) is 5.73 Å². The number of imidazole rings is 1. The molecule has 1 atom stereocenters. The van der Waals surface area contributed by atoms with Gasteiger partial charge in [-0.1, -0.05) is 39.5 Å². The number of hydrogen-bond donors (Lipinski definition) is 3. The molecule has 0 radical (unpaired) electrons. The van der Waals surface area contributed by atoms with Gasteiger partial charge in [-0.25, -0.2) is 4.98 Å². The lowest BCUT2D eigenvalue weighted by Crippen LogP contribution is -2.32. The standard InChI is InChI=1S/C16H28N4O2/c1-3-5-6-7-8-9-15(22)20-13(10-14(17)21)16-18-11-12(4-2)19-16/h11,13H,3-10H2,1-2H3,(H2,17,21)(H,18,19)(H,20,22)/t13-/m1/s1. The van der Waals surface area contributed by atoms with Crippen LogP contribution in [0.4, 0.5) is 0 Å². The number of rotatable bonds is 11. The lowest BCUT2D eigenvalue weighted by atomic mass is 10.1. The van der Waals surface area contributed by atoms with Gasteiger partial charge in [-0.3, -0.25) is 9.59 Å². The lowest BCUT2D eigenvalue weighted by Gasteiger charge is -2.15. The maximum absolute atomic E-state index is 12.0. The molecule has 6 heteroatoms. The van der Waals surface area contributed by atoms with E-state index in [0.29, 0.717) is 12.2 Å². The van der Waals surface area contributed by atoms with Crippen molar-refractivity contribution in [1.82, 2.24) is 15.3 Å². The monoisotopic (exact) mass is 308 g/mol. The summed E-state index contributed by atoms with van der Waals surface area (Å²) in [6.45, 7) is 4.17. The number of nitrogens with zero attached hydrogens (tertiary/aromatic N) is 1. The zero-order valence-electron chi connectivity index (χ0n) is 13.7. The molecule has 6 nitrogen and oxygen atoms in total. The molecule has 0 saturated carbocycles. The summed E-state index contributed by atoms with van der Waals surface area (Å²) in [6, 6.07) is -0.471. The molecule has 1 aromatic rings. The van der Waals surface area contributed by atoms with E-state index in [0.717, 1.165) is 31.4 Å². The van der Waals surface area contributed by atoms with Crippen LogP contribution in [-0.4, -0.2) is 21.8 Å². The number of carbonyl (C=O) groups excluding carboxylic acids is 2. The molecule has 0 saturated heterocycles. The average molecular weight is 308 g/mol. The first-order valence-electron chi connectivity index (χ1n) is 8.18. The highest BCUT2D eigenvalue weighted by Gasteiger charge is 2.19. The van der Waals surface area contributed by atoms with Gasteiger partial charge < -0.3 is 16.0 Å². The molecule has 22 heavy (non-hydrogen) atoms. The number of carbonyl (C=O) groups is 2. The molecular formula is C16H28N4O2. The van der Waals surface area contributed by atoms with E-state index in [1.165, 1.54) is 12.8 Å². The van der Waals surface area contributed by atoms with Crippen molar-refractivity contribution in [1.29, 1.82) is 0 Å². The van der Waals surface area contributed by atoms with E-state index >= 15 is 0 Å². The predicted octanol–water partition coefficient (Wildman–Crippen LogP) is 2.37. The molecule has 0 unspecified atom stereocenters. The van der Waals surface area contributed by atoms with Gasteiger partial charge in [-0.05, 0) is 12.8 Å². The van der Waals surface area contributed by atoms with Gasteiger partial charge in [-0.2, -0.15) is 0 Å². The van der Waals surface area contributed by atoms with Crippen LogP contribution in [0.5, 0.6) is 0 Å². The summed E-state index contributed by atoms with van der Waals surface area (Å²) in [5.74, 6) is 0.0786. The number of nitrogens with two attached hydrogens (primary N) is 1. The Bertz CT molecular complexity index is 470. The summed E-state index contributed by atoms with van der Waals surface area (Å²) in [5, 5.41) is 2.86. The maximum atomic E-state index is 12.0. The summed E-state index contributed by atoms with van der Waals surface area (Å²) in [7, 11) is 0. The van der Waals surface area contributed by atoms with Gasteiger partial charge in [0.05, 0.1) is 12.5 Å². The van der Waals surface area contributed by atoms with Gasteiger partial charge >= 0.3 is 0 Å². The second-order valence-corrected chi connectivity index (χ2v) is 5.60. The second kappa shape index (κ2) is 9.97. The summed E-state index contributed by atoms with van der Waals surface area (Å²) >= 11 is 0. The average Bonchev–Trinajstić information content (AvgIpc) is 2.95. The van der Waals surface area contributed by atoms with Crippen molar-refractivity contribution in [2.45, 2.75) is 71.3 Å². The normalized spacial score (nSPS) is 12.1. The number of aryl methyl sites for hydroxylation is 1. The molecule has 0 aliphatic carbocycles. The first-order chi connectivity index (χ1) is 10.6. The van der Waals surface area contributed by atoms with E-state index < -0.39 is 11.9 Å². The lowest BCUT2D eigenvalue weighted by molar-refractivity contribution is -0.122. The third-order valence-corrected chi connectivity index (χ3v) is 3.61. The van der Waals surface area contributed by atoms with Crippen molar-refractivity contribution < 1.29 is 9.59 Å². The van der Waals surface area contributed by atoms with Gasteiger partial charge in [0.25, 0.3) is 0 Å². The van der Waals surface area contributed by atoms with Crippen LogP contribution >= 0.6 is 0 Å². The molecule has 0 aliphatic heterocycles. The highest BCUT2D eigenvalue weighted by molar-refractivity contribution is 5.79. The van der Waals surface area contributed by atoms with Crippen LogP contribution in [0, 0.1) is 0 Å². The van der Waals surface area contributed by atoms with Crippen LogP contribution in [0.15, 0.2) is 6.20 Å². The molecule has 1 heterocycles. The molecule has 0 spiro atoms. The molecule has 0 aromatic carbocycles. The van der Waals surface area contributed by atoms with Crippen molar-refractivity contribution in [3.8, 4) is 0 Å². The Hall–Kier alpha value is -1.85. The fourth-order valence-corrected chi connectivity index (χ4v) is 2.31. The number of aromatic amines is 1. The molecule has 2 amide bonds. The number of hydrogen-bond acceptors (Lipinski definition) is 3. The smallest absolute Gasteiger partial charge is 0.220 e. The van der Waals surface area contributed by atoms with Crippen LogP contribution in [0.2, 0.25) is 0 Å². The zero-order valence-corrected chi connectivity index (χ0v) is 13.7. The fourth-order valence-electron chi connectivity index (χ4n) is 2.31. The Morgan fingerprint density at radius 2 is 2.00 bits per heavy atom. The van der Waals surface area contributed by atoms with Crippen LogP contribution in [0.1, 0.15) is 76.4 Å². The van der Waals surface area contributed by atoms with Crippen LogP contribution in [0.25, 0.3) is 0 Å². The van der Waals surface area contributed by atoms with Crippen molar-refractivity contribution in [3.05, 3.63) is 17.7 Å². The summed E-state index contributed by atoms with van der Waals surface area (Å²) in [4.78, 5) is 30.6. The summed E-state index contributed by atoms with van der Waals surface area (Å²) < 4.78 is 0. The molecule has 1 aromatic heterocycles. The molecule has 0 fully saturated rings. The third-order valence-electron chi connectivity index (χ3n) is 3.61. The number of nitrogens with one attached hydrogen (secondary N) is 2. The summed E-state index contributed by atoms with van der Waals surface area (Å²) in [5.41, 5.74) is 6.24. The van der Waals surface area contributed by atoms with Gasteiger partial charge in [0.2, 0.25) is 11.8 Å². The van der Waals surface area contributed by atoms with E-state index in [1.54, 1.807) is 6.20 Å². The fraction of sp³-hybridized carbons (Fsp3) is 0.688. The van der Waals surface area contributed by atoms with Crippen LogP contribution in [-0.2, 0) is 16.0 Å².